The molecule has 0 unspecified atom stereocenters. The molecule has 1 N–H and O–H groups in total. The number of hydrogen-bond donors (Lipinski definition) is 1. The Morgan fingerprint density at radius 2 is 1.89 bits per heavy atom. The lowest BCUT2D eigenvalue weighted by molar-refractivity contribution is -0.152. The highest BCUT2D eigenvalue weighted by atomic mass is 16.6. The summed E-state index contributed by atoms with van der Waals surface area (Å²) >= 11 is 0. The van der Waals surface area contributed by atoms with Crippen molar-refractivity contribution in [2.24, 2.45) is 15.5 Å². The Morgan fingerprint density at radius 3 is 2.39 bits per heavy atom. The maximum Gasteiger partial charge on any atom is 0.328 e. The van der Waals surface area contributed by atoms with E-state index < -0.39 is 5.60 Å². The van der Waals surface area contributed by atoms with Crippen LogP contribution in [0.5, 0.6) is 0 Å². The van der Waals surface area contributed by atoms with Crippen LogP contribution < -0.4 is 0 Å². The highest BCUT2D eigenvalue weighted by Gasteiger charge is 2.17. The van der Waals surface area contributed by atoms with Crippen molar-refractivity contribution in [1.29, 1.82) is 5.53 Å². The van der Waals surface area contributed by atoms with Gasteiger partial charge in [-0.3, -0.25) is 9.79 Å². The third kappa shape index (κ3) is 9.93. The van der Waals surface area contributed by atoms with Gasteiger partial charge in [0, 0.05) is 0 Å². The van der Waals surface area contributed by atoms with Crippen molar-refractivity contribution < 1.29 is 9.53 Å². The number of carbonyl (C=O) groups excluding carboxylic acids is 1. The molecular weight excluding hydrogens is 230 g/mol. The van der Waals surface area contributed by atoms with Gasteiger partial charge in [-0.2, -0.15) is 5.11 Å². The number of rotatable bonds is 7. The first-order chi connectivity index (χ1) is 8.16. The molecule has 0 aromatic rings. The molecule has 5 heteroatoms. The van der Waals surface area contributed by atoms with E-state index in [0.29, 0.717) is 6.54 Å². The smallest absolute Gasteiger partial charge is 0.328 e. The van der Waals surface area contributed by atoms with E-state index in [0.717, 1.165) is 12.8 Å². The summed E-state index contributed by atoms with van der Waals surface area (Å²) in [6.45, 7) is 10.3. The molecular formula is C13H25N3O2. The van der Waals surface area contributed by atoms with E-state index in [-0.39, 0.29) is 17.9 Å². The minimum Gasteiger partial charge on any atom is -0.459 e. The van der Waals surface area contributed by atoms with Crippen molar-refractivity contribution in [2.45, 2.75) is 53.1 Å². The standard InChI is InChI=1S/C13H25N3O2/c1-12(2,3)18-11(17)10-15-8-6-13(4,5)7-9-16-14/h8,14H,6-7,9-10H2,1-5H3. The van der Waals surface area contributed by atoms with Crippen LogP contribution >= 0.6 is 0 Å². The summed E-state index contributed by atoms with van der Waals surface area (Å²) in [6, 6.07) is 0. The Hall–Kier alpha value is -1.26. The second kappa shape index (κ2) is 7.24. The second-order valence-corrected chi connectivity index (χ2v) is 6.11. The SMILES string of the molecule is CC(C)(CC=NCC(=O)OC(C)(C)C)CCN=N. The lowest BCUT2D eigenvalue weighted by atomic mass is 9.86. The van der Waals surface area contributed by atoms with Crippen LogP contribution in [-0.4, -0.2) is 30.9 Å². The van der Waals surface area contributed by atoms with Crippen molar-refractivity contribution in [3.8, 4) is 0 Å². The van der Waals surface area contributed by atoms with Gasteiger partial charge in [-0.15, -0.1) is 0 Å². The van der Waals surface area contributed by atoms with Crippen molar-refractivity contribution in [3.63, 3.8) is 0 Å². The Balaban J connectivity index is 3.96. The van der Waals surface area contributed by atoms with E-state index in [9.17, 15) is 4.79 Å². The molecule has 5 nitrogen and oxygen atoms in total. The number of ether oxygens (including phenoxy) is 1. The first kappa shape index (κ1) is 16.7. The molecule has 0 fully saturated rings. The Labute approximate surface area is 110 Å². The van der Waals surface area contributed by atoms with Crippen LogP contribution in [-0.2, 0) is 9.53 Å². The number of nitrogens with zero attached hydrogens (tertiary/aromatic N) is 2. The minimum atomic E-state index is -0.457. The summed E-state index contributed by atoms with van der Waals surface area (Å²) in [5.41, 5.74) is 6.37. The summed E-state index contributed by atoms with van der Waals surface area (Å²) < 4.78 is 5.14. The summed E-state index contributed by atoms with van der Waals surface area (Å²) in [5, 5.41) is 3.35. The molecule has 0 aliphatic heterocycles. The molecule has 0 aromatic carbocycles. The predicted molar refractivity (Wildman–Crippen MR) is 72.2 cm³/mol. The predicted octanol–water partition coefficient (Wildman–Crippen LogP) is 3.24. The van der Waals surface area contributed by atoms with Crippen molar-refractivity contribution >= 4 is 12.2 Å². The van der Waals surface area contributed by atoms with Crippen LogP contribution in [0.3, 0.4) is 0 Å². The Morgan fingerprint density at radius 1 is 1.28 bits per heavy atom. The molecule has 0 aromatic heterocycles. The molecule has 0 bridgehead atoms. The van der Waals surface area contributed by atoms with Gasteiger partial charge in [-0.1, -0.05) is 13.8 Å². The van der Waals surface area contributed by atoms with Crippen molar-refractivity contribution in [2.75, 3.05) is 13.1 Å². The average Bonchev–Trinajstić information content (AvgIpc) is 2.19. The summed E-state index contributed by atoms with van der Waals surface area (Å²) in [4.78, 5) is 15.5. The zero-order valence-electron chi connectivity index (χ0n) is 12.1. The molecule has 104 valence electrons. The average molecular weight is 255 g/mol. The van der Waals surface area contributed by atoms with E-state index in [1.165, 1.54) is 0 Å². The fourth-order valence-electron chi connectivity index (χ4n) is 1.29. The third-order valence-electron chi connectivity index (χ3n) is 2.31. The molecule has 0 radical (unpaired) electrons. The fraction of sp³-hybridized carbons (Fsp3) is 0.846. The molecule has 0 saturated carbocycles. The van der Waals surface area contributed by atoms with Crippen LogP contribution in [0.15, 0.2) is 10.1 Å². The van der Waals surface area contributed by atoms with Gasteiger partial charge in [-0.05, 0) is 45.2 Å². The molecule has 0 aliphatic carbocycles. The van der Waals surface area contributed by atoms with E-state index in [2.05, 4.69) is 24.0 Å². The Kier molecular flexibility index (Phi) is 6.73. The first-order valence-corrected chi connectivity index (χ1v) is 6.20. The number of hydrogen-bond acceptors (Lipinski definition) is 5. The lowest BCUT2D eigenvalue weighted by Gasteiger charge is -2.21. The van der Waals surface area contributed by atoms with Crippen LogP contribution in [0.4, 0.5) is 0 Å². The van der Waals surface area contributed by atoms with Crippen molar-refractivity contribution in [3.05, 3.63) is 0 Å². The zero-order chi connectivity index (χ0) is 14.2. The van der Waals surface area contributed by atoms with Crippen LogP contribution in [0.2, 0.25) is 0 Å². The monoisotopic (exact) mass is 255 g/mol. The number of carbonyl (C=O) groups is 1. The summed E-state index contributed by atoms with van der Waals surface area (Å²) in [6.07, 6.45) is 3.37. The maximum atomic E-state index is 11.4. The van der Waals surface area contributed by atoms with Gasteiger partial charge in [0.25, 0.3) is 0 Å². The molecule has 0 atom stereocenters. The molecule has 0 aliphatic rings. The van der Waals surface area contributed by atoms with Gasteiger partial charge < -0.3 is 4.74 Å². The quantitative estimate of drug-likeness (QED) is 0.431. The number of esters is 1. The van der Waals surface area contributed by atoms with Gasteiger partial charge in [0.15, 0.2) is 0 Å². The molecule has 0 saturated heterocycles. The number of nitrogens with one attached hydrogen (secondary N) is 1. The maximum absolute atomic E-state index is 11.4. The highest BCUT2D eigenvalue weighted by molar-refractivity contribution is 5.74. The molecule has 0 amide bonds. The summed E-state index contributed by atoms with van der Waals surface area (Å²) in [7, 11) is 0. The topological polar surface area (TPSA) is 74.9 Å². The van der Waals surface area contributed by atoms with Gasteiger partial charge in [0.1, 0.15) is 12.1 Å². The van der Waals surface area contributed by atoms with Gasteiger partial charge in [0.05, 0.1) is 6.54 Å². The Bertz CT molecular complexity index is 304. The molecule has 0 spiro atoms. The second-order valence-electron chi connectivity index (χ2n) is 6.11. The largest absolute Gasteiger partial charge is 0.459 e. The van der Waals surface area contributed by atoms with Crippen LogP contribution in [0.25, 0.3) is 0 Å². The van der Waals surface area contributed by atoms with E-state index in [4.69, 9.17) is 10.3 Å². The normalized spacial score (nSPS) is 12.7. The highest BCUT2D eigenvalue weighted by Crippen LogP contribution is 2.23. The fourth-order valence-corrected chi connectivity index (χ4v) is 1.29. The molecule has 0 heterocycles. The van der Waals surface area contributed by atoms with E-state index in [1.807, 2.05) is 20.8 Å². The van der Waals surface area contributed by atoms with Crippen LogP contribution in [0, 0.1) is 10.9 Å². The van der Waals surface area contributed by atoms with Gasteiger partial charge in [-0.25, -0.2) is 5.53 Å². The van der Waals surface area contributed by atoms with Crippen molar-refractivity contribution in [1.82, 2.24) is 0 Å². The first-order valence-electron chi connectivity index (χ1n) is 6.20. The van der Waals surface area contributed by atoms with E-state index >= 15 is 0 Å². The molecule has 0 rings (SSSR count). The van der Waals surface area contributed by atoms with Gasteiger partial charge >= 0.3 is 5.97 Å². The summed E-state index contributed by atoms with van der Waals surface area (Å²) in [5.74, 6) is -0.308. The minimum absolute atomic E-state index is 0.0575. The lowest BCUT2D eigenvalue weighted by Crippen LogP contribution is -2.25. The van der Waals surface area contributed by atoms with Gasteiger partial charge in [0.2, 0.25) is 0 Å². The van der Waals surface area contributed by atoms with E-state index in [1.54, 1.807) is 6.21 Å². The van der Waals surface area contributed by atoms with Crippen LogP contribution in [0.1, 0.15) is 47.5 Å². The molecule has 18 heavy (non-hydrogen) atoms. The number of aliphatic imine (C=N–C) groups is 1. The zero-order valence-corrected chi connectivity index (χ0v) is 12.1. The third-order valence-corrected chi connectivity index (χ3v) is 2.31.